The lowest BCUT2D eigenvalue weighted by atomic mass is 10.1. The van der Waals surface area contributed by atoms with Crippen molar-refractivity contribution >= 4 is 12.0 Å². The third-order valence-corrected chi connectivity index (χ3v) is 6.87. The third kappa shape index (κ3) is 16.6. The molecule has 0 N–H and O–H groups in total. The molecule has 236 valence electrons. The molecule has 0 spiro atoms. The topological polar surface area (TPSA) is 63.2 Å². The molecule has 0 aliphatic heterocycles. The average molecular weight is 577 g/mol. The number of carbonyl (C=O) groups is 1. The van der Waals surface area contributed by atoms with E-state index in [9.17, 15) is 4.79 Å². The van der Waals surface area contributed by atoms with Gasteiger partial charge in [-0.3, -0.25) is 0 Å². The van der Waals surface area contributed by atoms with Crippen molar-refractivity contribution in [1.82, 2.24) is 0 Å². The van der Waals surface area contributed by atoms with Crippen LogP contribution in [0.25, 0.3) is 6.08 Å². The molecule has 6 nitrogen and oxygen atoms in total. The van der Waals surface area contributed by atoms with E-state index in [0.29, 0.717) is 61.6 Å². The van der Waals surface area contributed by atoms with Gasteiger partial charge >= 0.3 is 5.97 Å². The van der Waals surface area contributed by atoms with Crippen LogP contribution in [0.4, 0.5) is 0 Å². The van der Waals surface area contributed by atoms with E-state index in [-0.39, 0.29) is 0 Å². The summed E-state index contributed by atoms with van der Waals surface area (Å²) in [6.07, 6.45) is 20.9. The number of ether oxygens (including phenoxy) is 5. The second-order valence-corrected chi connectivity index (χ2v) is 10.7. The summed E-state index contributed by atoms with van der Waals surface area (Å²) in [5.74, 6) is 2.10. The highest BCUT2D eigenvalue weighted by Gasteiger charge is 2.22. The first-order valence-electron chi connectivity index (χ1n) is 16.7. The third-order valence-electron chi connectivity index (χ3n) is 6.87. The van der Waals surface area contributed by atoms with E-state index in [1.807, 2.05) is 6.07 Å². The zero-order chi connectivity index (χ0) is 30.0. The summed E-state index contributed by atoms with van der Waals surface area (Å²) in [4.78, 5) is 12.4. The van der Waals surface area contributed by atoms with E-state index in [1.54, 1.807) is 13.0 Å². The molecule has 41 heavy (non-hydrogen) atoms. The van der Waals surface area contributed by atoms with Gasteiger partial charge in [0.2, 0.25) is 0 Å². The zero-order valence-electron chi connectivity index (χ0n) is 27.0. The highest BCUT2D eigenvalue weighted by molar-refractivity contribution is 5.89. The van der Waals surface area contributed by atoms with Crippen LogP contribution in [-0.4, -0.2) is 39.0 Å². The molecule has 0 aromatic heterocycles. The molecule has 0 amide bonds. The van der Waals surface area contributed by atoms with Crippen LogP contribution in [0.15, 0.2) is 12.1 Å². The average Bonchev–Trinajstić information content (AvgIpc) is 2.97. The Balaban J connectivity index is 3.47. The summed E-state index contributed by atoms with van der Waals surface area (Å²) < 4.78 is 30.7. The minimum atomic E-state index is -0.400. The second-order valence-electron chi connectivity index (χ2n) is 10.7. The van der Waals surface area contributed by atoms with Crippen molar-refractivity contribution in [3.05, 3.63) is 17.7 Å². The van der Waals surface area contributed by atoms with Gasteiger partial charge in [-0.25, -0.2) is 4.79 Å². The highest BCUT2D eigenvalue weighted by atomic mass is 16.5. The Morgan fingerprint density at radius 3 is 1.32 bits per heavy atom. The summed E-state index contributed by atoms with van der Waals surface area (Å²) in [5.41, 5.74) is 0.679. The van der Waals surface area contributed by atoms with Crippen LogP contribution < -0.4 is 18.9 Å². The number of esters is 1. The van der Waals surface area contributed by atoms with Gasteiger partial charge in [0.15, 0.2) is 23.0 Å². The molecule has 0 atom stereocenters. The molecule has 0 unspecified atom stereocenters. The van der Waals surface area contributed by atoms with Gasteiger partial charge in [-0.05, 0) is 38.7 Å². The molecule has 0 heterocycles. The fourth-order valence-electron chi connectivity index (χ4n) is 4.45. The number of rotatable bonds is 27. The lowest BCUT2D eigenvalue weighted by molar-refractivity contribution is -0.137. The van der Waals surface area contributed by atoms with Crippen molar-refractivity contribution in [1.29, 1.82) is 0 Å². The highest BCUT2D eigenvalue weighted by Crippen LogP contribution is 2.46. The van der Waals surface area contributed by atoms with Gasteiger partial charge in [-0.2, -0.15) is 0 Å². The minimum Gasteiger partial charge on any atom is -0.490 e. The molecule has 0 bridgehead atoms. The van der Waals surface area contributed by atoms with E-state index in [1.165, 1.54) is 57.4 Å². The van der Waals surface area contributed by atoms with Gasteiger partial charge in [0, 0.05) is 12.1 Å². The SMILES string of the molecule is CCCCCCOc1cc(OCCCCCC)c(OCCCCCC)c(C=CC(=O)OCC)c1OCCCCCC. The molecular weight excluding hydrogens is 516 g/mol. The van der Waals surface area contributed by atoms with E-state index < -0.39 is 5.97 Å². The van der Waals surface area contributed by atoms with Crippen LogP contribution in [0.1, 0.15) is 143 Å². The molecule has 0 saturated heterocycles. The van der Waals surface area contributed by atoms with E-state index >= 15 is 0 Å². The van der Waals surface area contributed by atoms with Crippen molar-refractivity contribution in [3.63, 3.8) is 0 Å². The van der Waals surface area contributed by atoms with Crippen molar-refractivity contribution in [2.24, 2.45) is 0 Å². The van der Waals surface area contributed by atoms with Crippen molar-refractivity contribution in [3.8, 4) is 23.0 Å². The molecule has 0 radical (unpaired) electrons. The molecular formula is C35H60O6. The van der Waals surface area contributed by atoms with Gasteiger partial charge in [-0.1, -0.05) is 105 Å². The van der Waals surface area contributed by atoms with Crippen molar-refractivity contribution < 1.29 is 28.5 Å². The van der Waals surface area contributed by atoms with E-state index in [2.05, 4.69) is 27.7 Å². The number of hydrogen-bond donors (Lipinski definition) is 0. The van der Waals surface area contributed by atoms with Crippen LogP contribution in [0, 0.1) is 0 Å². The molecule has 0 fully saturated rings. The molecule has 1 aromatic carbocycles. The van der Waals surface area contributed by atoms with E-state index in [0.717, 1.165) is 51.4 Å². The summed E-state index contributed by atoms with van der Waals surface area (Å²) in [7, 11) is 0. The Morgan fingerprint density at radius 2 is 0.951 bits per heavy atom. The number of benzene rings is 1. The first kappa shape index (κ1) is 36.7. The predicted octanol–water partition coefficient (Wildman–Crippen LogP) is 10.1. The molecule has 6 heteroatoms. The van der Waals surface area contributed by atoms with Crippen molar-refractivity contribution in [2.45, 2.75) is 137 Å². The maximum atomic E-state index is 12.4. The van der Waals surface area contributed by atoms with Crippen LogP contribution in [0.5, 0.6) is 23.0 Å². The first-order valence-corrected chi connectivity index (χ1v) is 16.7. The molecule has 0 saturated carbocycles. The maximum Gasteiger partial charge on any atom is 0.330 e. The van der Waals surface area contributed by atoms with Crippen LogP contribution in [0.3, 0.4) is 0 Å². The van der Waals surface area contributed by atoms with Gasteiger partial charge in [0.1, 0.15) is 0 Å². The Labute approximate surface area is 251 Å². The lowest BCUT2D eigenvalue weighted by Crippen LogP contribution is -2.09. The van der Waals surface area contributed by atoms with Crippen molar-refractivity contribution in [2.75, 3.05) is 33.0 Å². The first-order chi connectivity index (χ1) is 20.1. The summed E-state index contributed by atoms with van der Waals surface area (Å²) in [5, 5.41) is 0. The van der Waals surface area contributed by atoms with Crippen LogP contribution >= 0.6 is 0 Å². The Kier molecular flexibility index (Phi) is 22.7. The maximum absolute atomic E-state index is 12.4. The number of hydrogen-bond acceptors (Lipinski definition) is 6. The van der Waals surface area contributed by atoms with E-state index in [4.69, 9.17) is 23.7 Å². The smallest absolute Gasteiger partial charge is 0.330 e. The monoisotopic (exact) mass is 576 g/mol. The molecule has 1 rings (SSSR count). The Hall–Kier alpha value is -2.37. The fraction of sp³-hybridized carbons (Fsp3) is 0.743. The van der Waals surface area contributed by atoms with Crippen LogP contribution in [0.2, 0.25) is 0 Å². The Bertz CT molecular complexity index is 769. The zero-order valence-corrected chi connectivity index (χ0v) is 27.0. The molecule has 1 aromatic rings. The van der Waals surface area contributed by atoms with Gasteiger partial charge < -0.3 is 23.7 Å². The van der Waals surface area contributed by atoms with Gasteiger partial charge in [-0.15, -0.1) is 0 Å². The molecule has 0 aliphatic rings. The largest absolute Gasteiger partial charge is 0.490 e. The lowest BCUT2D eigenvalue weighted by Gasteiger charge is -2.22. The number of carbonyl (C=O) groups excluding carboxylic acids is 1. The number of unbranched alkanes of at least 4 members (excludes halogenated alkanes) is 12. The summed E-state index contributed by atoms with van der Waals surface area (Å²) >= 11 is 0. The normalized spacial score (nSPS) is 11.1. The van der Waals surface area contributed by atoms with Crippen LogP contribution in [-0.2, 0) is 9.53 Å². The quantitative estimate of drug-likeness (QED) is 0.0590. The predicted molar refractivity (Wildman–Crippen MR) is 171 cm³/mol. The minimum absolute atomic E-state index is 0.317. The Morgan fingerprint density at radius 1 is 0.561 bits per heavy atom. The summed E-state index contributed by atoms with van der Waals surface area (Å²) in [6.45, 7) is 13.3. The van der Waals surface area contributed by atoms with Gasteiger partial charge in [0.25, 0.3) is 0 Å². The standard InChI is InChI=1S/C35H60O6/c1-6-11-15-19-25-38-31-29-32(39-26-20-16-12-7-2)35(41-28-22-18-14-9-4)30(23-24-33(36)37-10-5)34(31)40-27-21-17-13-8-3/h23-24,29H,6-22,25-28H2,1-5H3. The fourth-order valence-corrected chi connectivity index (χ4v) is 4.45. The molecule has 0 aliphatic carbocycles. The second kappa shape index (κ2) is 25.3. The summed E-state index contributed by atoms with van der Waals surface area (Å²) in [6, 6.07) is 1.93. The van der Waals surface area contributed by atoms with Gasteiger partial charge in [0.05, 0.1) is 38.6 Å².